The van der Waals surface area contributed by atoms with Crippen LogP contribution in [0.3, 0.4) is 0 Å². The van der Waals surface area contributed by atoms with E-state index in [1.807, 2.05) is 27.2 Å². The summed E-state index contributed by atoms with van der Waals surface area (Å²) in [4.78, 5) is 23.2. The quantitative estimate of drug-likeness (QED) is 0.0243. The maximum absolute atomic E-state index is 12.9. The average molecular weight is 962 g/mol. The van der Waals surface area contributed by atoms with Gasteiger partial charge in [-0.3, -0.25) is 13.8 Å². The molecule has 0 aliphatic carbocycles. The Bertz CT molecular complexity index is 1270. The highest BCUT2D eigenvalue weighted by Gasteiger charge is 2.27. The number of carbonyl (C=O) groups is 1. The molecule has 0 bridgehead atoms. The van der Waals surface area contributed by atoms with Crippen molar-refractivity contribution in [3.05, 3.63) is 60.8 Å². The Labute approximate surface area is 415 Å². The van der Waals surface area contributed by atoms with Gasteiger partial charge >= 0.3 is 7.82 Å². The van der Waals surface area contributed by atoms with Gasteiger partial charge in [0.25, 0.3) is 0 Å². The number of phosphoric ester groups is 1. The van der Waals surface area contributed by atoms with Crippen LogP contribution in [-0.2, 0) is 18.4 Å². The van der Waals surface area contributed by atoms with Crippen molar-refractivity contribution in [1.29, 1.82) is 0 Å². The number of phosphoric acid groups is 1. The van der Waals surface area contributed by atoms with Crippen LogP contribution < -0.4 is 5.32 Å². The number of quaternary nitrogens is 1. The summed E-state index contributed by atoms with van der Waals surface area (Å²) in [5.41, 5.74) is 0. The number of amides is 1. The van der Waals surface area contributed by atoms with Crippen LogP contribution in [0.15, 0.2) is 60.8 Å². The second-order valence-electron chi connectivity index (χ2n) is 20.3. The molecule has 0 aromatic rings. The van der Waals surface area contributed by atoms with Crippen molar-refractivity contribution >= 4 is 13.7 Å². The number of allylic oxidation sites excluding steroid dienone is 9. The fraction of sp³-hybridized carbons (Fsp3) is 0.810. The van der Waals surface area contributed by atoms with Crippen molar-refractivity contribution in [3.63, 3.8) is 0 Å². The highest BCUT2D eigenvalue weighted by molar-refractivity contribution is 7.47. The molecular formula is C58H110N2O6P+. The lowest BCUT2D eigenvalue weighted by Crippen LogP contribution is -2.45. The lowest BCUT2D eigenvalue weighted by Gasteiger charge is -2.25. The summed E-state index contributed by atoms with van der Waals surface area (Å²) in [5, 5.41) is 13.8. The molecule has 0 aliphatic heterocycles. The molecule has 0 fully saturated rings. The number of carbonyl (C=O) groups excluding carboxylic acids is 1. The second kappa shape index (κ2) is 49.2. The van der Waals surface area contributed by atoms with Gasteiger partial charge in [0.05, 0.1) is 39.9 Å². The van der Waals surface area contributed by atoms with Crippen molar-refractivity contribution < 1.29 is 32.9 Å². The van der Waals surface area contributed by atoms with Crippen LogP contribution in [0.4, 0.5) is 0 Å². The molecule has 0 aromatic heterocycles. The zero-order valence-corrected chi connectivity index (χ0v) is 45.5. The SMILES string of the molecule is CCCC/C=C/CC/C=C/CC/C=C/C(O)C(COP(=O)(O)OCC[N+](C)(C)C)NC(=O)CCCCCCCCCCCCCCCCCCCCCCC/C=C\C/C=C\CCCCCCC. The van der Waals surface area contributed by atoms with Crippen molar-refractivity contribution in [2.75, 3.05) is 40.9 Å². The molecule has 0 heterocycles. The molecule has 3 N–H and O–H groups in total. The van der Waals surface area contributed by atoms with Crippen molar-refractivity contribution in [2.45, 2.75) is 264 Å². The van der Waals surface area contributed by atoms with Gasteiger partial charge in [-0.1, -0.05) is 235 Å². The fourth-order valence-electron chi connectivity index (χ4n) is 7.97. The van der Waals surface area contributed by atoms with E-state index in [1.165, 1.54) is 173 Å². The first-order valence-corrected chi connectivity index (χ1v) is 29.7. The first kappa shape index (κ1) is 65.2. The number of nitrogens with zero attached hydrogens (tertiary/aromatic N) is 1. The smallest absolute Gasteiger partial charge is 0.387 e. The third kappa shape index (κ3) is 51.9. The Hall–Kier alpha value is -1.80. The monoisotopic (exact) mass is 962 g/mol. The normalized spacial score (nSPS) is 14.4. The molecule has 0 aliphatic rings. The number of hydrogen-bond acceptors (Lipinski definition) is 5. The summed E-state index contributed by atoms with van der Waals surface area (Å²) in [6, 6.07) is -0.869. The number of nitrogens with one attached hydrogen (secondary N) is 1. The summed E-state index contributed by atoms with van der Waals surface area (Å²) >= 11 is 0. The van der Waals surface area contributed by atoms with Crippen molar-refractivity contribution in [3.8, 4) is 0 Å². The van der Waals surface area contributed by atoms with Crippen LogP contribution in [0.1, 0.15) is 251 Å². The molecule has 1 amide bonds. The summed E-state index contributed by atoms with van der Waals surface area (Å²) < 4.78 is 23.6. The van der Waals surface area contributed by atoms with Gasteiger partial charge < -0.3 is 19.8 Å². The van der Waals surface area contributed by atoms with E-state index < -0.39 is 20.0 Å². The molecule has 9 heteroatoms. The molecule has 0 aromatic carbocycles. The minimum atomic E-state index is -4.35. The van der Waals surface area contributed by atoms with E-state index in [1.54, 1.807) is 6.08 Å². The van der Waals surface area contributed by atoms with E-state index in [0.717, 1.165) is 57.8 Å². The van der Waals surface area contributed by atoms with Crippen LogP contribution in [0, 0.1) is 0 Å². The van der Waals surface area contributed by atoms with Gasteiger partial charge in [-0.15, -0.1) is 0 Å². The maximum Gasteiger partial charge on any atom is 0.472 e. The minimum Gasteiger partial charge on any atom is -0.387 e. The number of rotatable bonds is 51. The Morgan fingerprint density at radius 3 is 1.33 bits per heavy atom. The number of aliphatic hydroxyl groups excluding tert-OH is 1. The first-order chi connectivity index (χ1) is 32.5. The lowest BCUT2D eigenvalue weighted by atomic mass is 10.0. The minimum absolute atomic E-state index is 0.0530. The van der Waals surface area contributed by atoms with Gasteiger partial charge in [-0.2, -0.15) is 0 Å². The van der Waals surface area contributed by atoms with Crippen LogP contribution in [0.25, 0.3) is 0 Å². The molecule has 67 heavy (non-hydrogen) atoms. The van der Waals surface area contributed by atoms with Crippen LogP contribution in [0.5, 0.6) is 0 Å². The summed E-state index contributed by atoms with van der Waals surface area (Å²) in [5.74, 6) is -0.191. The standard InChI is InChI=1S/C58H109N2O6P/c1-6-8-10-12-14-16-18-20-21-22-23-24-25-26-27-28-29-30-31-32-33-34-35-36-37-38-39-40-42-44-46-48-50-52-58(62)59-56(55-66-67(63,64)65-54-53-60(3,4)5)57(61)51-49-47-45-43-41-19-17-15-13-11-9-7-2/h13,15,18,20,22-23,41,43,49,51,56-57,61H,6-12,14,16-17,19,21,24-40,42,44-48,50,52-55H2,1-5H3,(H-,59,62,63,64)/p+1/b15-13+,20-18-,23-22-,43-41+,51-49+. The molecule has 3 unspecified atom stereocenters. The topological polar surface area (TPSA) is 105 Å². The Balaban J connectivity index is 4.01. The first-order valence-electron chi connectivity index (χ1n) is 28.2. The highest BCUT2D eigenvalue weighted by Crippen LogP contribution is 2.43. The lowest BCUT2D eigenvalue weighted by molar-refractivity contribution is -0.870. The predicted molar refractivity (Wildman–Crippen MR) is 290 cm³/mol. The Morgan fingerprint density at radius 2 is 0.881 bits per heavy atom. The molecule has 0 saturated carbocycles. The van der Waals surface area contributed by atoms with Gasteiger partial charge in [-0.05, 0) is 70.6 Å². The van der Waals surface area contributed by atoms with Gasteiger partial charge in [-0.25, -0.2) is 4.57 Å². The zero-order chi connectivity index (χ0) is 49.2. The van der Waals surface area contributed by atoms with Gasteiger partial charge in [0.2, 0.25) is 5.91 Å². The molecule has 0 rings (SSSR count). The number of unbranched alkanes of at least 4 members (excludes halogenated alkanes) is 30. The summed E-state index contributed by atoms with van der Waals surface area (Å²) in [6.45, 7) is 4.73. The third-order valence-corrected chi connectivity index (χ3v) is 13.4. The van der Waals surface area contributed by atoms with E-state index in [9.17, 15) is 19.4 Å². The van der Waals surface area contributed by atoms with E-state index in [0.29, 0.717) is 17.4 Å². The van der Waals surface area contributed by atoms with Gasteiger partial charge in [0.1, 0.15) is 13.2 Å². The summed E-state index contributed by atoms with van der Waals surface area (Å²) in [6.07, 6.45) is 66.3. The molecule has 392 valence electrons. The number of likely N-dealkylation sites (N-methyl/N-ethyl adjacent to an activating group) is 1. The van der Waals surface area contributed by atoms with Crippen LogP contribution >= 0.6 is 7.82 Å². The van der Waals surface area contributed by atoms with Gasteiger partial charge in [0.15, 0.2) is 0 Å². The Morgan fingerprint density at radius 1 is 0.507 bits per heavy atom. The van der Waals surface area contributed by atoms with Crippen molar-refractivity contribution in [1.82, 2.24) is 5.32 Å². The average Bonchev–Trinajstić information content (AvgIpc) is 3.29. The van der Waals surface area contributed by atoms with Gasteiger partial charge in [0, 0.05) is 6.42 Å². The van der Waals surface area contributed by atoms with E-state index in [-0.39, 0.29) is 19.1 Å². The van der Waals surface area contributed by atoms with E-state index in [4.69, 9.17) is 9.05 Å². The van der Waals surface area contributed by atoms with Crippen molar-refractivity contribution in [2.24, 2.45) is 0 Å². The molecule has 8 nitrogen and oxygen atoms in total. The Kier molecular flexibility index (Phi) is 47.9. The van der Waals surface area contributed by atoms with Crippen LogP contribution in [-0.4, -0.2) is 73.4 Å². The molecule has 0 radical (unpaired) electrons. The zero-order valence-electron chi connectivity index (χ0n) is 44.6. The van der Waals surface area contributed by atoms with E-state index >= 15 is 0 Å². The van der Waals surface area contributed by atoms with E-state index in [2.05, 4.69) is 67.8 Å². The largest absolute Gasteiger partial charge is 0.472 e. The maximum atomic E-state index is 12.9. The molecular weight excluding hydrogens is 852 g/mol. The fourth-order valence-corrected chi connectivity index (χ4v) is 8.71. The molecule has 0 saturated heterocycles. The van der Waals surface area contributed by atoms with Crippen LogP contribution in [0.2, 0.25) is 0 Å². The predicted octanol–water partition coefficient (Wildman–Crippen LogP) is 16.9. The number of aliphatic hydroxyl groups is 1. The second-order valence-corrected chi connectivity index (χ2v) is 21.7. The highest BCUT2D eigenvalue weighted by atomic mass is 31.2. The number of hydrogen-bond donors (Lipinski definition) is 3. The molecule has 3 atom stereocenters. The molecule has 0 spiro atoms. The third-order valence-electron chi connectivity index (χ3n) is 12.4. The summed E-state index contributed by atoms with van der Waals surface area (Å²) in [7, 11) is 1.55.